The van der Waals surface area contributed by atoms with E-state index in [1.54, 1.807) is 0 Å². The molecule has 2 atom stereocenters. The molecule has 1 fully saturated rings. The number of likely N-dealkylation sites (N-methyl/N-ethyl adjacent to an activating group) is 1. The second-order valence-electron chi connectivity index (χ2n) is 8.86. The molecule has 0 spiro atoms. The van der Waals surface area contributed by atoms with Crippen molar-refractivity contribution in [3.63, 3.8) is 0 Å². The molecular formula is C23H32N6. The van der Waals surface area contributed by atoms with Crippen LogP contribution < -0.4 is 5.73 Å². The van der Waals surface area contributed by atoms with Crippen LogP contribution in [0.4, 0.5) is 0 Å². The van der Waals surface area contributed by atoms with Gasteiger partial charge in [-0.3, -0.25) is 14.9 Å². The second kappa shape index (κ2) is 7.92. The van der Waals surface area contributed by atoms with Crippen LogP contribution in [0.15, 0.2) is 47.4 Å². The maximum atomic E-state index is 6.11. The fourth-order valence-corrected chi connectivity index (χ4v) is 5.23. The predicted octanol–water partition coefficient (Wildman–Crippen LogP) is 2.31. The number of amidine groups is 1. The summed E-state index contributed by atoms with van der Waals surface area (Å²) >= 11 is 0. The number of allylic oxidation sites excluding steroid dienone is 2. The van der Waals surface area contributed by atoms with Gasteiger partial charge in [0.05, 0.1) is 17.8 Å². The van der Waals surface area contributed by atoms with Crippen molar-refractivity contribution in [2.24, 2.45) is 10.7 Å². The number of aliphatic imine (C=N–C) groups is 1. The number of rotatable bonds is 4. The lowest BCUT2D eigenvalue weighted by atomic mass is 9.91. The quantitative estimate of drug-likeness (QED) is 0.852. The number of nitrogens with zero attached hydrogens (tertiary/aromatic N) is 5. The Labute approximate surface area is 173 Å². The van der Waals surface area contributed by atoms with Crippen LogP contribution >= 0.6 is 0 Å². The molecule has 1 saturated heterocycles. The first-order chi connectivity index (χ1) is 14.2. The molecule has 0 bridgehead atoms. The first kappa shape index (κ1) is 18.8. The van der Waals surface area contributed by atoms with Crippen LogP contribution in [-0.4, -0.2) is 70.8 Å². The third kappa shape index (κ3) is 3.71. The van der Waals surface area contributed by atoms with Crippen LogP contribution in [-0.2, 0) is 6.42 Å². The fraction of sp³-hybridized carbons (Fsp3) is 0.565. The van der Waals surface area contributed by atoms with Gasteiger partial charge in [0.25, 0.3) is 0 Å². The summed E-state index contributed by atoms with van der Waals surface area (Å²) in [5, 5.41) is 0. The average molecular weight is 393 g/mol. The van der Waals surface area contributed by atoms with Gasteiger partial charge in [-0.25, -0.2) is 0 Å². The molecule has 1 aliphatic carbocycles. The summed E-state index contributed by atoms with van der Waals surface area (Å²) in [6.45, 7) is 4.01. The summed E-state index contributed by atoms with van der Waals surface area (Å²) in [5.74, 6) is 2.41. The number of nitrogens with two attached hydrogens (primary N) is 1. The molecule has 154 valence electrons. The lowest BCUT2D eigenvalue weighted by Gasteiger charge is -2.39. The Hall–Kier alpha value is -2.18. The molecule has 3 aliphatic heterocycles. The highest BCUT2D eigenvalue weighted by Crippen LogP contribution is 2.33. The van der Waals surface area contributed by atoms with Crippen molar-refractivity contribution < 1.29 is 0 Å². The molecule has 29 heavy (non-hydrogen) atoms. The van der Waals surface area contributed by atoms with Crippen molar-refractivity contribution in [1.29, 1.82) is 0 Å². The van der Waals surface area contributed by atoms with Crippen LogP contribution in [0.25, 0.3) is 0 Å². The van der Waals surface area contributed by atoms with Gasteiger partial charge >= 0.3 is 0 Å². The van der Waals surface area contributed by atoms with E-state index < -0.39 is 0 Å². The van der Waals surface area contributed by atoms with Gasteiger partial charge in [-0.2, -0.15) is 0 Å². The number of likely N-dealkylation sites (tertiary alicyclic amines) is 1. The third-order valence-corrected chi connectivity index (χ3v) is 6.81. The lowest BCUT2D eigenvalue weighted by Crippen LogP contribution is -2.45. The SMILES string of the molecule is CN(CC1CN2C(N3CCC(N)CC3)=CC=CC2=N1)C1CCCc2cccnc21. The van der Waals surface area contributed by atoms with Gasteiger partial charge in [0.1, 0.15) is 11.7 Å². The maximum absolute atomic E-state index is 6.11. The van der Waals surface area contributed by atoms with Crippen molar-refractivity contribution >= 4 is 5.84 Å². The molecule has 1 aromatic heterocycles. The summed E-state index contributed by atoms with van der Waals surface area (Å²) in [5.41, 5.74) is 8.80. The average Bonchev–Trinajstić information content (AvgIpc) is 3.16. The summed E-state index contributed by atoms with van der Waals surface area (Å²) in [6, 6.07) is 5.36. The molecule has 0 amide bonds. The second-order valence-corrected chi connectivity index (χ2v) is 8.86. The number of pyridine rings is 1. The monoisotopic (exact) mass is 392 g/mol. The van der Waals surface area contributed by atoms with Gasteiger partial charge in [0.15, 0.2) is 0 Å². The van der Waals surface area contributed by atoms with Gasteiger partial charge in [-0.15, -0.1) is 0 Å². The van der Waals surface area contributed by atoms with E-state index in [1.807, 2.05) is 6.20 Å². The van der Waals surface area contributed by atoms with Crippen LogP contribution in [0.5, 0.6) is 0 Å². The molecule has 2 N–H and O–H groups in total. The van der Waals surface area contributed by atoms with E-state index >= 15 is 0 Å². The first-order valence-corrected chi connectivity index (χ1v) is 11.1. The number of hydrogen-bond donors (Lipinski definition) is 1. The van der Waals surface area contributed by atoms with Crippen molar-refractivity contribution in [3.05, 3.63) is 53.6 Å². The highest BCUT2D eigenvalue weighted by Gasteiger charge is 2.33. The fourth-order valence-electron chi connectivity index (χ4n) is 5.23. The van der Waals surface area contributed by atoms with E-state index in [1.165, 1.54) is 29.9 Å². The Morgan fingerprint density at radius 2 is 2.10 bits per heavy atom. The zero-order valence-corrected chi connectivity index (χ0v) is 17.4. The van der Waals surface area contributed by atoms with E-state index in [9.17, 15) is 0 Å². The molecule has 4 heterocycles. The van der Waals surface area contributed by atoms with Gasteiger partial charge in [0, 0.05) is 38.4 Å². The molecule has 4 aliphatic rings. The molecule has 2 unspecified atom stereocenters. The minimum absolute atomic E-state index is 0.294. The number of aromatic nitrogens is 1. The smallest absolute Gasteiger partial charge is 0.129 e. The van der Waals surface area contributed by atoms with E-state index in [4.69, 9.17) is 15.7 Å². The summed E-state index contributed by atoms with van der Waals surface area (Å²) in [6.07, 6.45) is 14.2. The maximum Gasteiger partial charge on any atom is 0.129 e. The van der Waals surface area contributed by atoms with Crippen LogP contribution in [0.2, 0.25) is 0 Å². The molecule has 0 radical (unpaired) electrons. The van der Waals surface area contributed by atoms with Gasteiger partial charge < -0.3 is 15.5 Å². The zero-order valence-electron chi connectivity index (χ0n) is 17.4. The van der Waals surface area contributed by atoms with Gasteiger partial charge in [-0.1, -0.05) is 12.1 Å². The highest BCUT2D eigenvalue weighted by molar-refractivity contribution is 5.96. The van der Waals surface area contributed by atoms with Crippen molar-refractivity contribution in [1.82, 2.24) is 19.7 Å². The number of piperidine rings is 1. The van der Waals surface area contributed by atoms with E-state index in [-0.39, 0.29) is 0 Å². The Morgan fingerprint density at radius 3 is 2.97 bits per heavy atom. The lowest BCUT2D eigenvalue weighted by molar-refractivity contribution is 0.191. The first-order valence-electron chi connectivity index (χ1n) is 11.1. The topological polar surface area (TPSA) is 61.0 Å². The number of fused-ring (bicyclic) bond motifs is 2. The minimum atomic E-state index is 0.294. The number of hydrogen-bond acceptors (Lipinski definition) is 6. The van der Waals surface area contributed by atoms with E-state index in [0.717, 1.165) is 51.3 Å². The molecule has 1 aromatic rings. The molecule has 6 heteroatoms. The predicted molar refractivity (Wildman–Crippen MR) is 116 cm³/mol. The Balaban J connectivity index is 1.26. The Kier molecular flexibility index (Phi) is 5.14. The van der Waals surface area contributed by atoms with Gasteiger partial charge in [0.2, 0.25) is 0 Å². The molecule has 0 saturated carbocycles. The van der Waals surface area contributed by atoms with Crippen molar-refractivity contribution in [3.8, 4) is 0 Å². The molecule has 6 nitrogen and oxygen atoms in total. The Bertz CT molecular complexity index is 836. The Morgan fingerprint density at radius 1 is 1.24 bits per heavy atom. The van der Waals surface area contributed by atoms with E-state index in [2.05, 4.69) is 52.1 Å². The standard InChI is InChI=1S/C23H32N6/c1-27(20-7-2-5-17-6-4-12-25-23(17)20)15-19-16-29-21(26-19)8-3-9-22(29)28-13-10-18(24)11-14-28/h3-4,6,8-9,12,18-20H,2,5,7,10-11,13-16,24H2,1H3. The zero-order chi connectivity index (χ0) is 19.8. The van der Waals surface area contributed by atoms with Crippen LogP contribution in [0.3, 0.4) is 0 Å². The summed E-state index contributed by atoms with van der Waals surface area (Å²) < 4.78 is 0. The minimum Gasteiger partial charge on any atom is -0.358 e. The van der Waals surface area contributed by atoms with Crippen molar-refractivity contribution in [2.75, 3.05) is 33.2 Å². The summed E-state index contributed by atoms with van der Waals surface area (Å²) in [7, 11) is 2.24. The third-order valence-electron chi connectivity index (χ3n) is 6.81. The van der Waals surface area contributed by atoms with Crippen LogP contribution in [0, 0.1) is 0 Å². The number of aryl methyl sites for hydroxylation is 1. The largest absolute Gasteiger partial charge is 0.358 e. The molecular weight excluding hydrogens is 360 g/mol. The van der Waals surface area contributed by atoms with Crippen LogP contribution in [0.1, 0.15) is 43.0 Å². The van der Waals surface area contributed by atoms with E-state index in [0.29, 0.717) is 18.1 Å². The highest BCUT2D eigenvalue weighted by atomic mass is 15.4. The normalized spacial score (nSPS) is 27.0. The molecule has 0 aromatic carbocycles. The summed E-state index contributed by atoms with van der Waals surface area (Å²) in [4.78, 5) is 17.1. The van der Waals surface area contributed by atoms with Gasteiger partial charge in [-0.05, 0) is 62.9 Å². The molecule has 5 rings (SSSR count). The van der Waals surface area contributed by atoms with Crippen molar-refractivity contribution in [2.45, 2.75) is 50.2 Å².